The van der Waals surface area contributed by atoms with Crippen molar-refractivity contribution in [2.75, 3.05) is 26.0 Å². The van der Waals surface area contributed by atoms with Crippen molar-refractivity contribution in [2.45, 2.75) is 43.8 Å². The number of carbonyl (C=O) groups excluding carboxylic acids is 1. The standard InChI is InChI=1S/C20H27N3O2S/c1-25-14-13-23-18-10-6-5-9-17(18)22-20(23)26-15-19(24)21-12-11-16-7-3-2-4-8-16/h5-7,9-10H,2-4,8,11-15H2,1H3,(H,21,24). The first-order valence-corrected chi connectivity index (χ1v) is 10.3. The number of allylic oxidation sites excluding steroid dienone is 1. The number of nitrogens with one attached hydrogen (secondary N) is 1. The van der Waals surface area contributed by atoms with Gasteiger partial charge < -0.3 is 14.6 Å². The van der Waals surface area contributed by atoms with Crippen LogP contribution in [0.2, 0.25) is 0 Å². The molecule has 1 aromatic heterocycles. The maximum absolute atomic E-state index is 12.2. The zero-order valence-electron chi connectivity index (χ0n) is 15.4. The van der Waals surface area contributed by atoms with E-state index in [-0.39, 0.29) is 5.91 Å². The maximum Gasteiger partial charge on any atom is 0.230 e. The van der Waals surface area contributed by atoms with Crippen LogP contribution < -0.4 is 5.32 Å². The molecule has 1 aliphatic rings. The predicted molar refractivity (Wildman–Crippen MR) is 107 cm³/mol. The molecule has 1 aliphatic carbocycles. The lowest BCUT2D eigenvalue weighted by Gasteiger charge is -2.13. The van der Waals surface area contributed by atoms with Crippen LogP contribution in [0, 0.1) is 0 Å². The predicted octanol–water partition coefficient (Wildman–Crippen LogP) is 3.78. The van der Waals surface area contributed by atoms with Gasteiger partial charge in [0.2, 0.25) is 5.91 Å². The molecule has 0 atom stereocenters. The van der Waals surface area contributed by atoms with Crippen LogP contribution in [0.4, 0.5) is 0 Å². The Hall–Kier alpha value is -1.79. The second-order valence-electron chi connectivity index (χ2n) is 6.52. The van der Waals surface area contributed by atoms with Gasteiger partial charge in [0.05, 0.1) is 23.4 Å². The SMILES string of the molecule is COCCn1c(SCC(=O)NCCC2=CCCCC2)nc2ccccc21. The molecule has 140 valence electrons. The maximum atomic E-state index is 12.2. The molecule has 5 nitrogen and oxygen atoms in total. The quantitative estimate of drug-likeness (QED) is 0.537. The Morgan fingerprint density at radius 3 is 3.04 bits per heavy atom. The number of hydrogen-bond donors (Lipinski definition) is 1. The van der Waals surface area contributed by atoms with Gasteiger partial charge in [0, 0.05) is 20.2 Å². The number of carbonyl (C=O) groups is 1. The summed E-state index contributed by atoms with van der Waals surface area (Å²) in [5, 5.41) is 3.90. The summed E-state index contributed by atoms with van der Waals surface area (Å²) < 4.78 is 7.34. The molecule has 2 aromatic rings. The molecule has 0 fully saturated rings. The summed E-state index contributed by atoms with van der Waals surface area (Å²) in [5.41, 5.74) is 3.53. The van der Waals surface area contributed by atoms with E-state index in [2.05, 4.69) is 27.0 Å². The van der Waals surface area contributed by atoms with Gasteiger partial charge in [-0.2, -0.15) is 0 Å². The number of para-hydroxylation sites is 2. The van der Waals surface area contributed by atoms with E-state index in [1.165, 1.54) is 43.0 Å². The number of rotatable bonds is 9. The minimum Gasteiger partial charge on any atom is -0.383 e. The van der Waals surface area contributed by atoms with Crippen molar-refractivity contribution in [3.63, 3.8) is 0 Å². The Morgan fingerprint density at radius 2 is 2.23 bits per heavy atom. The summed E-state index contributed by atoms with van der Waals surface area (Å²) in [6.07, 6.45) is 8.28. The van der Waals surface area contributed by atoms with Gasteiger partial charge in [-0.3, -0.25) is 4.79 Å². The molecule has 1 amide bonds. The molecule has 0 unspecified atom stereocenters. The first kappa shape index (κ1) is 19.0. The van der Waals surface area contributed by atoms with Crippen molar-refractivity contribution in [1.82, 2.24) is 14.9 Å². The second kappa shape index (κ2) is 9.78. The zero-order valence-corrected chi connectivity index (χ0v) is 16.2. The van der Waals surface area contributed by atoms with Crippen LogP contribution in [0.25, 0.3) is 11.0 Å². The third kappa shape index (κ3) is 5.11. The van der Waals surface area contributed by atoms with E-state index < -0.39 is 0 Å². The Bertz CT molecular complexity index is 770. The van der Waals surface area contributed by atoms with E-state index in [9.17, 15) is 4.79 Å². The molecule has 0 radical (unpaired) electrons. The molecular weight excluding hydrogens is 346 g/mol. The van der Waals surface area contributed by atoms with E-state index in [1.54, 1.807) is 7.11 Å². The molecule has 26 heavy (non-hydrogen) atoms. The van der Waals surface area contributed by atoms with Crippen LogP contribution in [0.3, 0.4) is 0 Å². The lowest BCUT2D eigenvalue weighted by molar-refractivity contribution is -0.118. The number of aromatic nitrogens is 2. The average Bonchev–Trinajstić information content (AvgIpc) is 3.03. The van der Waals surface area contributed by atoms with Gasteiger partial charge in [0.15, 0.2) is 5.16 Å². The van der Waals surface area contributed by atoms with Crippen LogP contribution >= 0.6 is 11.8 Å². The molecule has 0 saturated carbocycles. The van der Waals surface area contributed by atoms with E-state index in [0.717, 1.165) is 35.7 Å². The van der Waals surface area contributed by atoms with Gasteiger partial charge in [-0.05, 0) is 44.2 Å². The largest absolute Gasteiger partial charge is 0.383 e. The Balaban J connectivity index is 1.53. The number of nitrogens with zero attached hydrogens (tertiary/aromatic N) is 2. The van der Waals surface area contributed by atoms with Gasteiger partial charge in [-0.25, -0.2) is 4.98 Å². The minimum atomic E-state index is 0.0664. The zero-order chi connectivity index (χ0) is 18.2. The normalized spacial score (nSPS) is 14.4. The fraction of sp³-hybridized carbons (Fsp3) is 0.500. The molecule has 1 N–H and O–H groups in total. The summed E-state index contributed by atoms with van der Waals surface area (Å²) >= 11 is 1.49. The number of imidazole rings is 1. The fourth-order valence-corrected chi connectivity index (χ4v) is 4.11. The average molecular weight is 374 g/mol. The van der Waals surface area contributed by atoms with E-state index in [0.29, 0.717) is 12.4 Å². The number of amides is 1. The molecule has 1 heterocycles. The van der Waals surface area contributed by atoms with Gasteiger partial charge >= 0.3 is 0 Å². The molecule has 0 saturated heterocycles. The van der Waals surface area contributed by atoms with Crippen molar-refractivity contribution < 1.29 is 9.53 Å². The molecule has 0 spiro atoms. The van der Waals surface area contributed by atoms with E-state index in [1.807, 2.05) is 18.2 Å². The van der Waals surface area contributed by atoms with Crippen molar-refractivity contribution in [1.29, 1.82) is 0 Å². The molecular formula is C20H27N3O2S. The van der Waals surface area contributed by atoms with Crippen LogP contribution in [0.1, 0.15) is 32.1 Å². The molecule has 6 heteroatoms. The molecule has 0 aliphatic heterocycles. The number of benzene rings is 1. The first-order valence-electron chi connectivity index (χ1n) is 9.29. The summed E-state index contributed by atoms with van der Waals surface area (Å²) in [5.74, 6) is 0.451. The third-order valence-corrected chi connectivity index (χ3v) is 5.60. The van der Waals surface area contributed by atoms with Gasteiger partial charge in [0.1, 0.15) is 0 Å². The molecule has 3 rings (SSSR count). The van der Waals surface area contributed by atoms with Crippen LogP contribution in [0.15, 0.2) is 41.1 Å². The fourth-order valence-electron chi connectivity index (χ4n) is 3.24. The second-order valence-corrected chi connectivity index (χ2v) is 7.47. The van der Waals surface area contributed by atoms with Crippen molar-refractivity contribution in [2.24, 2.45) is 0 Å². The van der Waals surface area contributed by atoms with E-state index in [4.69, 9.17) is 4.74 Å². The van der Waals surface area contributed by atoms with Gasteiger partial charge in [0.25, 0.3) is 0 Å². The highest BCUT2D eigenvalue weighted by Crippen LogP contribution is 2.24. The number of methoxy groups -OCH3 is 1. The molecule has 1 aromatic carbocycles. The van der Waals surface area contributed by atoms with Gasteiger partial charge in [-0.1, -0.05) is 35.5 Å². The lowest BCUT2D eigenvalue weighted by Crippen LogP contribution is -2.26. The number of ether oxygens (including phenoxy) is 1. The summed E-state index contributed by atoms with van der Waals surface area (Å²) in [4.78, 5) is 16.9. The Morgan fingerprint density at radius 1 is 1.35 bits per heavy atom. The highest BCUT2D eigenvalue weighted by Gasteiger charge is 2.13. The molecule has 0 bridgehead atoms. The Kier molecular flexibility index (Phi) is 7.14. The van der Waals surface area contributed by atoms with Crippen LogP contribution in [-0.2, 0) is 16.1 Å². The summed E-state index contributed by atoms with van der Waals surface area (Å²) in [7, 11) is 1.70. The summed E-state index contributed by atoms with van der Waals surface area (Å²) in [6, 6.07) is 8.05. The van der Waals surface area contributed by atoms with Gasteiger partial charge in [-0.15, -0.1) is 0 Å². The topological polar surface area (TPSA) is 56.1 Å². The van der Waals surface area contributed by atoms with Crippen LogP contribution in [-0.4, -0.2) is 41.5 Å². The highest BCUT2D eigenvalue weighted by atomic mass is 32.2. The van der Waals surface area contributed by atoms with E-state index >= 15 is 0 Å². The van der Waals surface area contributed by atoms with Crippen molar-refractivity contribution in [3.05, 3.63) is 35.9 Å². The number of thioether (sulfide) groups is 1. The first-order chi connectivity index (χ1) is 12.8. The minimum absolute atomic E-state index is 0.0664. The highest BCUT2D eigenvalue weighted by molar-refractivity contribution is 7.99. The van der Waals surface area contributed by atoms with Crippen molar-refractivity contribution >= 4 is 28.7 Å². The van der Waals surface area contributed by atoms with Crippen molar-refractivity contribution in [3.8, 4) is 0 Å². The number of fused-ring (bicyclic) bond motifs is 1. The Labute approximate surface area is 159 Å². The van der Waals surface area contributed by atoms with Crippen LogP contribution in [0.5, 0.6) is 0 Å². The third-order valence-electron chi connectivity index (χ3n) is 4.62. The monoisotopic (exact) mass is 373 g/mol. The lowest BCUT2D eigenvalue weighted by atomic mass is 9.97. The smallest absolute Gasteiger partial charge is 0.230 e. The summed E-state index contributed by atoms with van der Waals surface area (Å²) in [6.45, 7) is 2.08. The number of hydrogen-bond acceptors (Lipinski definition) is 4.